The van der Waals surface area contributed by atoms with Gasteiger partial charge in [-0.15, -0.1) is 0 Å². The van der Waals surface area contributed by atoms with Crippen molar-refractivity contribution < 1.29 is 19.4 Å². The maximum absolute atomic E-state index is 13.5. The van der Waals surface area contributed by atoms with E-state index in [0.29, 0.717) is 36.9 Å². The number of phenols is 1. The number of aromatic hydroxyl groups is 1. The van der Waals surface area contributed by atoms with Gasteiger partial charge in [-0.2, -0.15) is 0 Å². The number of esters is 1. The molecule has 170 valence electrons. The van der Waals surface area contributed by atoms with E-state index in [2.05, 4.69) is 4.99 Å². The fourth-order valence-electron chi connectivity index (χ4n) is 3.73. The molecule has 0 bridgehead atoms. The van der Waals surface area contributed by atoms with Crippen LogP contribution >= 0.6 is 22.9 Å². The minimum Gasteiger partial charge on any atom is -0.504 e. The lowest BCUT2D eigenvalue weighted by Gasteiger charge is -2.25. The number of carbonyl (C=O) groups excluding carboxylic acids is 1. The molecule has 0 saturated carbocycles. The Bertz CT molecular complexity index is 1450. The van der Waals surface area contributed by atoms with E-state index in [0.717, 1.165) is 0 Å². The van der Waals surface area contributed by atoms with Crippen LogP contribution in [-0.4, -0.2) is 29.4 Å². The third-order valence-corrected chi connectivity index (χ3v) is 6.54. The highest BCUT2D eigenvalue weighted by molar-refractivity contribution is 7.07. The van der Waals surface area contributed by atoms with Crippen molar-refractivity contribution in [2.24, 2.45) is 4.99 Å². The number of thiazole rings is 1. The first-order valence-corrected chi connectivity index (χ1v) is 11.4. The molecule has 1 aliphatic heterocycles. The Hall–Kier alpha value is -3.36. The molecule has 7 nitrogen and oxygen atoms in total. The zero-order valence-electron chi connectivity index (χ0n) is 18.2. The summed E-state index contributed by atoms with van der Waals surface area (Å²) in [5.74, 6) is -0.242. The van der Waals surface area contributed by atoms with E-state index in [1.165, 1.54) is 29.1 Å². The van der Waals surface area contributed by atoms with Gasteiger partial charge in [-0.25, -0.2) is 9.79 Å². The smallest absolute Gasteiger partial charge is 0.338 e. The average molecular weight is 485 g/mol. The number of halogens is 1. The van der Waals surface area contributed by atoms with Gasteiger partial charge in [0.05, 0.1) is 29.5 Å². The van der Waals surface area contributed by atoms with Crippen molar-refractivity contribution in [3.63, 3.8) is 0 Å². The van der Waals surface area contributed by atoms with E-state index in [1.54, 1.807) is 56.3 Å². The summed E-state index contributed by atoms with van der Waals surface area (Å²) in [4.78, 5) is 31.4. The van der Waals surface area contributed by atoms with Crippen LogP contribution in [0.25, 0.3) is 6.08 Å². The zero-order chi connectivity index (χ0) is 23.7. The first kappa shape index (κ1) is 22.8. The molecule has 0 radical (unpaired) electrons. The second-order valence-electron chi connectivity index (χ2n) is 7.26. The van der Waals surface area contributed by atoms with Crippen LogP contribution in [0.2, 0.25) is 5.02 Å². The largest absolute Gasteiger partial charge is 0.504 e. The summed E-state index contributed by atoms with van der Waals surface area (Å²) in [6.45, 7) is 3.63. The summed E-state index contributed by atoms with van der Waals surface area (Å²) in [5, 5.41) is 10.5. The molecular weight excluding hydrogens is 464 g/mol. The number of fused-ring (bicyclic) bond motifs is 1. The van der Waals surface area contributed by atoms with Gasteiger partial charge in [-0.05, 0) is 49.2 Å². The quantitative estimate of drug-likeness (QED) is 0.562. The number of nitrogens with zero attached hydrogens (tertiary/aromatic N) is 2. The normalized spacial score (nSPS) is 15.8. The Morgan fingerprint density at radius 1 is 1.30 bits per heavy atom. The van der Waals surface area contributed by atoms with Gasteiger partial charge in [0, 0.05) is 5.02 Å². The monoisotopic (exact) mass is 484 g/mol. The second-order valence-corrected chi connectivity index (χ2v) is 8.67. The van der Waals surface area contributed by atoms with Crippen molar-refractivity contribution in [3.05, 3.63) is 89.6 Å². The molecule has 1 aromatic heterocycles. The van der Waals surface area contributed by atoms with Gasteiger partial charge < -0.3 is 14.6 Å². The van der Waals surface area contributed by atoms with E-state index in [4.69, 9.17) is 21.1 Å². The minimum absolute atomic E-state index is 0.0339. The summed E-state index contributed by atoms with van der Waals surface area (Å²) in [6.07, 6.45) is 1.66. The molecule has 9 heteroatoms. The Kier molecular flexibility index (Phi) is 6.40. The number of aromatic nitrogens is 1. The summed E-state index contributed by atoms with van der Waals surface area (Å²) in [5.41, 5.74) is 1.63. The summed E-state index contributed by atoms with van der Waals surface area (Å²) >= 11 is 7.68. The molecule has 3 aromatic rings. The minimum atomic E-state index is -0.777. The summed E-state index contributed by atoms with van der Waals surface area (Å²) in [6, 6.07) is 11.2. The van der Waals surface area contributed by atoms with Crippen LogP contribution in [0.4, 0.5) is 0 Å². The number of allylic oxidation sites excluding steroid dienone is 1. The van der Waals surface area contributed by atoms with Gasteiger partial charge in [0.2, 0.25) is 0 Å². The Morgan fingerprint density at radius 3 is 2.73 bits per heavy atom. The van der Waals surface area contributed by atoms with E-state index in [-0.39, 0.29) is 23.5 Å². The number of methoxy groups -OCH3 is 1. The Morgan fingerprint density at radius 2 is 2.06 bits per heavy atom. The maximum atomic E-state index is 13.5. The molecule has 4 rings (SSSR count). The molecule has 1 N–H and O–H groups in total. The average Bonchev–Trinajstić information content (AvgIpc) is 3.08. The summed E-state index contributed by atoms with van der Waals surface area (Å²) in [7, 11) is 1.46. The number of benzene rings is 2. The van der Waals surface area contributed by atoms with Gasteiger partial charge in [0.25, 0.3) is 5.56 Å². The van der Waals surface area contributed by atoms with E-state index >= 15 is 0 Å². The predicted octanol–water partition coefficient (Wildman–Crippen LogP) is 3.17. The first-order chi connectivity index (χ1) is 15.8. The van der Waals surface area contributed by atoms with E-state index in [9.17, 15) is 14.7 Å². The Balaban J connectivity index is 1.95. The number of hydrogen-bond acceptors (Lipinski definition) is 7. The highest BCUT2D eigenvalue weighted by atomic mass is 35.5. The van der Waals surface area contributed by atoms with Crippen molar-refractivity contribution in [2.45, 2.75) is 19.9 Å². The Labute approximate surface area is 198 Å². The number of ether oxygens (including phenoxy) is 2. The number of hydrogen-bond donors (Lipinski definition) is 1. The third kappa shape index (κ3) is 4.19. The van der Waals surface area contributed by atoms with Gasteiger partial charge in [-0.3, -0.25) is 9.36 Å². The number of rotatable bonds is 5. The van der Waals surface area contributed by atoms with Crippen molar-refractivity contribution in [3.8, 4) is 11.5 Å². The SMILES string of the molecule is CCOC(=O)C1=C(C)N=c2s/c(=C\c3ccc(OC)c(O)c3)c(=O)n2[C@@H]1c1ccccc1Cl. The third-order valence-electron chi connectivity index (χ3n) is 5.22. The van der Waals surface area contributed by atoms with Crippen molar-refractivity contribution in [1.82, 2.24) is 4.57 Å². The van der Waals surface area contributed by atoms with Gasteiger partial charge in [-0.1, -0.05) is 47.2 Å². The maximum Gasteiger partial charge on any atom is 0.338 e. The van der Waals surface area contributed by atoms with Crippen molar-refractivity contribution >= 4 is 35.0 Å². The van der Waals surface area contributed by atoms with E-state index < -0.39 is 12.0 Å². The highest BCUT2D eigenvalue weighted by Crippen LogP contribution is 2.34. The molecule has 0 amide bonds. The van der Waals surface area contributed by atoms with Crippen molar-refractivity contribution in [1.29, 1.82) is 0 Å². The molecule has 1 atom stereocenters. The topological polar surface area (TPSA) is 90.1 Å². The number of phenolic OH excluding ortho intramolecular Hbond substituents is 1. The first-order valence-electron chi connectivity index (χ1n) is 10.2. The molecule has 1 aliphatic rings. The van der Waals surface area contributed by atoms with Crippen molar-refractivity contribution in [2.75, 3.05) is 13.7 Å². The molecule has 0 fully saturated rings. The van der Waals surface area contributed by atoms with Crippen LogP contribution < -0.4 is 19.6 Å². The van der Waals surface area contributed by atoms with Crippen LogP contribution in [0.3, 0.4) is 0 Å². The molecule has 2 aromatic carbocycles. The highest BCUT2D eigenvalue weighted by Gasteiger charge is 2.34. The summed E-state index contributed by atoms with van der Waals surface area (Å²) < 4.78 is 12.2. The van der Waals surface area contributed by atoms with Crippen LogP contribution in [0.5, 0.6) is 11.5 Å². The van der Waals surface area contributed by atoms with Gasteiger partial charge in [0.1, 0.15) is 6.04 Å². The van der Waals surface area contributed by atoms with Crippen LogP contribution in [0.1, 0.15) is 31.0 Å². The lowest BCUT2D eigenvalue weighted by molar-refractivity contribution is -0.139. The lowest BCUT2D eigenvalue weighted by Crippen LogP contribution is -2.40. The molecule has 0 saturated heterocycles. The van der Waals surface area contributed by atoms with Crippen LogP contribution in [0, 0.1) is 0 Å². The van der Waals surface area contributed by atoms with Crippen LogP contribution in [-0.2, 0) is 9.53 Å². The number of carbonyl (C=O) groups is 1. The van der Waals surface area contributed by atoms with Gasteiger partial charge in [0.15, 0.2) is 16.3 Å². The molecule has 0 spiro atoms. The lowest BCUT2D eigenvalue weighted by atomic mass is 9.96. The molecule has 0 aliphatic carbocycles. The molecule has 0 unspecified atom stereocenters. The molecule has 2 heterocycles. The van der Waals surface area contributed by atoms with Crippen LogP contribution in [0.15, 0.2) is 63.5 Å². The fourth-order valence-corrected chi connectivity index (χ4v) is 5.02. The zero-order valence-corrected chi connectivity index (χ0v) is 19.7. The molecule has 33 heavy (non-hydrogen) atoms. The predicted molar refractivity (Wildman–Crippen MR) is 127 cm³/mol. The molecular formula is C24H21ClN2O5S. The van der Waals surface area contributed by atoms with Gasteiger partial charge >= 0.3 is 5.97 Å². The standard InChI is InChI=1S/C24H21ClN2O5S/c1-4-32-23(30)20-13(2)26-24-27(21(20)15-7-5-6-8-16(15)25)22(29)19(33-24)12-14-9-10-18(31-3)17(28)11-14/h5-12,21,28H,4H2,1-3H3/b19-12-/t21-/m1/s1. The second kappa shape index (κ2) is 9.25. The van der Waals surface area contributed by atoms with E-state index in [1.807, 2.05) is 0 Å². The fraction of sp³-hybridized carbons (Fsp3) is 0.208.